The van der Waals surface area contributed by atoms with Crippen LogP contribution in [0.25, 0.3) is 0 Å². The number of nitrogens with one attached hydrogen (secondary N) is 1. The number of hydrogen-bond acceptors (Lipinski definition) is 3. The van der Waals surface area contributed by atoms with Crippen LogP contribution in [-0.4, -0.2) is 79.5 Å². The van der Waals surface area contributed by atoms with Crippen LogP contribution in [0.4, 0.5) is 4.79 Å². The van der Waals surface area contributed by atoms with Crippen LogP contribution < -0.4 is 5.32 Å². The van der Waals surface area contributed by atoms with Gasteiger partial charge in [0.25, 0.3) is 0 Å². The summed E-state index contributed by atoms with van der Waals surface area (Å²) in [7, 11) is 4.22. The molecule has 2 aromatic rings. The second-order valence-corrected chi connectivity index (χ2v) is 12.9. The third kappa shape index (κ3) is 8.14. The van der Waals surface area contributed by atoms with E-state index in [9.17, 15) is 9.59 Å². The number of piperidine rings is 1. The monoisotopic (exact) mass is 586 g/mol. The number of amides is 3. The number of urea groups is 1. The summed E-state index contributed by atoms with van der Waals surface area (Å²) in [5, 5.41) is 4.53. The normalized spacial score (nSPS) is 17.8. The molecule has 0 unspecified atom stereocenters. The second kappa shape index (κ2) is 14.1. The number of hydrogen-bond donors (Lipinski definition) is 1. The van der Waals surface area contributed by atoms with E-state index in [0.717, 1.165) is 67.9 Å². The minimum Gasteiger partial charge on any atom is -0.341 e. The van der Waals surface area contributed by atoms with Crippen LogP contribution in [0, 0.1) is 12.8 Å². The summed E-state index contributed by atoms with van der Waals surface area (Å²) < 4.78 is 0. The highest BCUT2D eigenvalue weighted by Gasteiger charge is 2.32. The minimum absolute atomic E-state index is 0.00344. The Balaban J connectivity index is 1.45. The topological polar surface area (TPSA) is 55.9 Å². The van der Waals surface area contributed by atoms with E-state index in [1.54, 1.807) is 0 Å². The third-order valence-corrected chi connectivity index (χ3v) is 8.78. The minimum atomic E-state index is -0.609. The number of benzene rings is 2. The molecule has 2 atom stereocenters. The van der Waals surface area contributed by atoms with Gasteiger partial charge >= 0.3 is 6.03 Å². The molecule has 0 aromatic heterocycles. The van der Waals surface area contributed by atoms with Crippen molar-refractivity contribution in [3.63, 3.8) is 0 Å². The van der Waals surface area contributed by atoms with E-state index in [2.05, 4.69) is 43.4 Å². The zero-order valence-corrected chi connectivity index (χ0v) is 25.9. The molecule has 0 aliphatic carbocycles. The van der Waals surface area contributed by atoms with E-state index >= 15 is 0 Å². The maximum Gasteiger partial charge on any atom is 0.318 e. The Bertz CT molecular complexity index is 1170. The molecule has 0 spiro atoms. The van der Waals surface area contributed by atoms with Gasteiger partial charge in [0.15, 0.2) is 0 Å². The van der Waals surface area contributed by atoms with Gasteiger partial charge in [0.05, 0.1) is 0 Å². The highest BCUT2D eigenvalue weighted by atomic mass is 35.5. The molecule has 0 radical (unpaired) electrons. The number of aryl methyl sites for hydroxylation is 1. The van der Waals surface area contributed by atoms with Crippen LogP contribution in [0.5, 0.6) is 0 Å². The fraction of sp³-hybridized carbons (Fsp3) is 0.562. The van der Waals surface area contributed by atoms with Crippen molar-refractivity contribution in [2.45, 2.75) is 64.3 Å². The molecule has 0 saturated carbocycles. The predicted molar refractivity (Wildman–Crippen MR) is 164 cm³/mol. The Morgan fingerprint density at radius 1 is 0.925 bits per heavy atom. The second-order valence-electron chi connectivity index (χ2n) is 12.0. The SMILES string of the molecule is Cc1cc(Cl)ccc1C[C@@H](NC(=O)N1CCCC1)C(=O)N1CCC(c2ccc(Cl)cc2C[C@@H](C)CN(C)C)CC1. The number of carbonyl (C=O) groups excluding carboxylic acids is 2. The van der Waals surface area contributed by atoms with Crippen molar-refractivity contribution in [3.8, 4) is 0 Å². The fourth-order valence-electron chi connectivity index (χ4n) is 6.31. The van der Waals surface area contributed by atoms with E-state index in [0.29, 0.717) is 36.4 Å². The summed E-state index contributed by atoms with van der Waals surface area (Å²) in [5.74, 6) is 0.903. The Kier molecular flexibility index (Phi) is 10.8. The highest BCUT2D eigenvalue weighted by Crippen LogP contribution is 2.33. The highest BCUT2D eigenvalue weighted by molar-refractivity contribution is 6.30. The van der Waals surface area contributed by atoms with Crippen molar-refractivity contribution in [1.29, 1.82) is 0 Å². The van der Waals surface area contributed by atoms with Crippen LogP contribution in [0.3, 0.4) is 0 Å². The van der Waals surface area contributed by atoms with Crippen molar-refractivity contribution < 1.29 is 9.59 Å². The average molecular weight is 588 g/mol. The Labute approximate surface area is 250 Å². The standard InChI is InChI=1S/C32H44Cl2N4O2/c1-22(21-36(3)4)17-26-19-28(34)9-10-29(26)24-11-15-37(16-12-24)31(39)30(35-32(40)38-13-5-6-14-38)20-25-7-8-27(33)18-23(25)2/h7-10,18-19,22,24,30H,5-6,11-17,20-21H2,1-4H3,(H,35,40)/t22-,30-/m1/s1. The lowest BCUT2D eigenvalue weighted by molar-refractivity contribution is -0.134. The maximum absolute atomic E-state index is 13.9. The van der Waals surface area contributed by atoms with Crippen LogP contribution >= 0.6 is 23.2 Å². The van der Waals surface area contributed by atoms with Gasteiger partial charge in [-0.3, -0.25) is 4.79 Å². The number of halogens is 2. The lowest BCUT2D eigenvalue weighted by atomic mass is 9.84. The van der Waals surface area contributed by atoms with E-state index in [1.807, 2.05) is 41.0 Å². The zero-order valence-electron chi connectivity index (χ0n) is 24.4. The lowest BCUT2D eigenvalue weighted by Gasteiger charge is -2.36. The summed E-state index contributed by atoms with van der Waals surface area (Å²) in [5.41, 5.74) is 4.73. The summed E-state index contributed by atoms with van der Waals surface area (Å²) in [6.45, 7) is 8.15. The Morgan fingerprint density at radius 3 is 2.23 bits per heavy atom. The zero-order chi connectivity index (χ0) is 28.8. The quantitative estimate of drug-likeness (QED) is 0.382. The third-order valence-electron chi connectivity index (χ3n) is 8.31. The van der Waals surface area contributed by atoms with Crippen LogP contribution in [0.2, 0.25) is 10.0 Å². The molecule has 218 valence electrons. The number of likely N-dealkylation sites (tertiary alicyclic amines) is 2. The van der Waals surface area contributed by atoms with Gasteiger partial charge in [0, 0.05) is 49.2 Å². The van der Waals surface area contributed by atoms with Crippen LogP contribution in [0.15, 0.2) is 36.4 Å². The molecule has 1 N–H and O–H groups in total. The van der Waals surface area contributed by atoms with Crippen molar-refractivity contribution >= 4 is 35.1 Å². The predicted octanol–water partition coefficient (Wildman–Crippen LogP) is 6.16. The number of nitrogens with zero attached hydrogens (tertiary/aromatic N) is 3. The first kappa shape index (κ1) is 30.7. The van der Waals surface area contributed by atoms with Crippen molar-refractivity contribution in [2.75, 3.05) is 46.8 Å². The van der Waals surface area contributed by atoms with E-state index in [1.165, 1.54) is 11.1 Å². The smallest absolute Gasteiger partial charge is 0.318 e. The van der Waals surface area contributed by atoms with Gasteiger partial charge < -0.3 is 20.0 Å². The van der Waals surface area contributed by atoms with Gasteiger partial charge in [0.1, 0.15) is 6.04 Å². The van der Waals surface area contributed by atoms with Gasteiger partial charge in [-0.05, 0) is 111 Å². The average Bonchev–Trinajstić information content (AvgIpc) is 3.44. The summed E-state index contributed by atoms with van der Waals surface area (Å²) >= 11 is 12.6. The molecule has 40 heavy (non-hydrogen) atoms. The molecule has 2 heterocycles. The molecular weight excluding hydrogens is 543 g/mol. The van der Waals surface area contributed by atoms with Crippen molar-refractivity contribution in [1.82, 2.24) is 20.0 Å². The van der Waals surface area contributed by atoms with Crippen LogP contribution in [-0.2, 0) is 17.6 Å². The molecule has 6 nitrogen and oxygen atoms in total. The molecule has 3 amide bonds. The summed E-state index contributed by atoms with van der Waals surface area (Å²) in [6, 6.07) is 11.3. The van der Waals surface area contributed by atoms with Gasteiger partial charge in [-0.25, -0.2) is 4.79 Å². The van der Waals surface area contributed by atoms with Gasteiger partial charge in [-0.1, -0.05) is 42.3 Å². The maximum atomic E-state index is 13.9. The fourth-order valence-corrected chi connectivity index (χ4v) is 6.73. The summed E-state index contributed by atoms with van der Waals surface area (Å²) in [4.78, 5) is 32.9. The lowest BCUT2D eigenvalue weighted by Crippen LogP contribution is -2.54. The first-order valence-corrected chi connectivity index (χ1v) is 15.4. The largest absolute Gasteiger partial charge is 0.341 e. The Hall–Kier alpha value is -2.28. The molecule has 2 aliphatic heterocycles. The van der Waals surface area contributed by atoms with Crippen LogP contribution in [0.1, 0.15) is 60.8 Å². The van der Waals surface area contributed by atoms with E-state index in [4.69, 9.17) is 23.2 Å². The van der Waals surface area contributed by atoms with Gasteiger partial charge in [-0.2, -0.15) is 0 Å². The molecule has 2 aromatic carbocycles. The van der Waals surface area contributed by atoms with Crippen molar-refractivity contribution in [2.24, 2.45) is 5.92 Å². The van der Waals surface area contributed by atoms with Crippen molar-refractivity contribution in [3.05, 3.63) is 68.7 Å². The molecule has 2 fully saturated rings. The summed E-state index contributed by atoms with van der Waals surface area (Å²) in [6.07, 6.45) is 5.25. The first-order chi connectivity index (χ1) is 19.1. The molecule has 2 saturated heterocycles. The molecular formula is C32H44Cl2N4O2. The molecule has 8 heteroatoms. The first-order valence-electron chi connectivity index (χ1n) is 14.6. The van der Waals surface area contributed by atoms with Gasteiger partial charge in [-0.15, -0.1) is 0 Å². The molecule has 4 rings (SSSR count). The van der Waals surface area contributed by atoms with E-state index < -0.39 is 6.04 Å². The molecule has 2 aliphatic rings. The molecule has 0 bridgehead atoms. The van der Waals surface area contributed by atoms with Gasteiger partial charge in [0.2, 0.25) is 5.91 Å². The van der Waals surface area contributed by atoms with E-state index in [-0.39, 0.29) is 11.9 Å². The number of carbonyl (C=O) groups is 2. The Morgan fingerprint density at radius 2 is 1.57 bits per heavy atom. The number of rotatable bonds is 9.